The van der Waals surface area contributed by atoms with E-state index in [2.05, 4.69) is 25.7 Å². The monoisotopic (exact) mass is 181 g/mol. The molecule has 1 aromatic rings. The maximum atomic E-state index is 10.1. The Morgan fingerprint density at radius 2 is 2.69 bits per heavy atom. The molecule has 2 N–H and O–H groups in total. The van der Waals surface area contributed by atoms with Crippen molar-refractivity contribution in [1.29, 1.82) is 5.26 Å². The highest BCUT2D eigenvalue weighted by molar-refractivity contribution is 5.89. The van der Waals surface area contributed by atoms with E-state index in [1.165, 1.54) is 12.4 Å². The first-order chi connectivity index (χ1) is 6.24. The molecule has 1 rings (SSSR count). The van der Waals surface area contributed by atoms with E-state index < -0.39 is 10.8 Å². The maximum absolute atomic E-state index is 10.1. The Hall–Kier alpha value is -2.50. The minimum absolute atomic E-state index is 0.120. The first-order valence-electron chi connectivity index (χ1n) is 2.97. The summed E-state index contributed by atoms with van der Waals surface area (Å²) >= 11 is 0. The quantitative estimate of drug-likeness (QED) is 0.269. The number of nitrogens with zero attached hydrogens (tertiary/aromatic N) is 5. The van der Waals surface area contributed by atoms with Crippen LogP contribution in [0.15, 0.2) is 11.4 Å². The predicted octanol–water partition coefficient (Wildman–Crippen LogP) is -0.670. The third-order valence-corrected chi connectivity index (χ3v) is 0.956. The van der Waals surface area contributed by atoms with E-state index in [-0.39, 0.29) is 5.95 Å². The molecule has 0 spiro atoms. The van der Waals surface area contributed by atoms with Crippen LogP contribution in [0, 0.1) is 21.4 Å². The van der Waals surface area contributed by atoms with Crippen LogP contribution in [0.1, 0.15) is 0 Å². The van der Waals surface area contributed by atoms with Crippen molar-refractivity contribution in [2.24, 2.45) is 5.10 Å². The number of nitriles is 1. The van der Waals surface area contributed by atoms with Crippen molar-refractivity contribution in [1.82, 2.24) is 15.2 Å². The number of nitrogens with one attached hydrogen (secondary N) is 2. The standard InChI is InChI=1S/C4H3N7O2/c5-1-3(11(12)13)8-10-4-6-2-7-9-4/h2H,(H2,6,7,9,10). The van der Waals surface area contributed by atoms with E-state index in [0.717, 1.165) is 0 Å². The number of hydrogen-bond donors (Lipinski definition) is 2. The summed E-state index contributed by atoms with van der Waals surface area (Å²) in [5.74, 6) is -0.731. The number of H-pyrrole nitrogens is 1. The van der Waals surface area contributed by atoms with Gasteiger partial charge in [-0.1, -0.05) is 0 Å². The van der Waals surface area contributed by atoms with Gasteiger partial charge in [-0.2, -0.15) is 15.3 Å². The average Bonchev–Trinajstić information content (AvgIpc) is 2.57. The molecule has 0 aliphatic carbocycles. The summed E-state index contributed by atoms with van der Waals surface area (Å²) in [6.45, 7) is 0. The fourth-order valence-electron chi connectivity index (χ4n) is 0.472. The minimum Gasteiger partial charge on any atom is -0.357 e. The lowest BCUT2D eigenvalue weighted by molar-refractivity contribution is -0.347. The van der Waals surface area contributed by atoms with Crippen molar-refractivity contribution in [2.45, 2.75) is 0 Å². The summed E-state index contributed by atoms with van der Waals surface area (Å²) in [6.07, 6.45) is 1.19. The summed E-state index contributed by atoms with van der Waals surface area (Å²) in [5.41, 5.74) is 2.15. The maximum Gasteiger partial charge on any atom is 0.466 e. The molecular weight excluding hydrogens is 178 g/mol. The second kappa shape index (κ2) is 3.77. The van der Waals surface area contributed by atoms with Gasteiger partial charge in [0, 0.05) is 0 Å². The lowest BCUT2D eigenvalue weighted by Gasteiger charge is -1.87. The summed E-state index contributed by atoms with van der Waals surface area (Å²) in [6, 6.07) is 1.29. The van der Waals surface area contributed by atoms with Gasteiger partial charge in [-0.3, -0.25) is 0 Å². The first kappa shape index (κ1) is 8.60. The SMILES string of the molecule is N#CC(=NNc1ncn[nH]1)[N+](=O)[O-]. The number of aromatic nitrogens is 3. The molecule has 0 unspecified atom stereocenters. The Labute approximate surface area is 71.2 Å². The smallest absolute Gasteiger partial charge is 0.357 e. The highest BCUT2D eigenvalue weighted by atomic mass is 16.6. The highest BCUT2D eigenvalue weighted by Crippen LogP contribution is 1.91. The number of rotatable bonds is 2. The van der Waals surface area contributed by atoms with Crippen LogP contribution in [0.4, 0.5) is 5.95 Å². The van der Waals surface area contributed by atoms with Crippen LogP contribution in [0.5, 0.6) is 0 Å². The van der Waals surface area contributed by atoms with Gasteiger partial charge >= 0.3 is 5.84 Å². The molecule has 0 atom stereocenters. The predicted molar refractivity (Wildman–Crippen MR) is 40.0 cm³/mol. The largest absolute Gasteiger partial charge is 0.466 e. The van der Waals surface area contributed by atoms with E-state index >= 15 is 0 Å². The zero-order valence-corrected chi connectivity index (χ0v) is 6.13. The van der Waals surface area contributed by atoms with E-state index in [1.54, 1.807) is 0 Å². The molecule has 66 valence electrons. The molecule has 0 fully saturated rings. The third kappa shape index (κ3) is 2.22. The first-order valence-corrected chi connectivity index (χ1v) is 2.97. The topological polar surface area (TPSA) is 133 Å². The lowest BCUT2D eigenvalue weighted by Crippen LogP contribution is -2.11. The Bertz CT molecular complexity index is 360. The average molecular weight is 181 g/mol. The van der Waals surface area contributed by atoms with Crippen LogP contribution in [0.3, 0.4) is 0 Å². The zero-order chi connectivity index (χ0) is 9.68. The van der Waals surface area contributed by atoms with Gasteiger partial charge in [0.2, 0.25) is 0 Å². The lowest BCUT2D eigenvalue weighted by atomic mass is 10.7. The van der Waals surface area contributed by atoms with Crippen molar-refractivity contribution in [3.05, 3.63) is 16.4 Å². The summed E-state index contributed by atoms with van der Waals surface area (Å²) in [4.78, 5) is 12.7. The van der Waals surface area contributed by atoms with Gasteiger partial charge in [0.15, 0.2) is 6.07 Å². The zero-order valence-electron chi connectivity index (χ0n) is 6.13. The summed E-state index contributed by atoms with van der Waals surface area (Å²) in [5, 5.41) is 27.2. The second-order valence-corrected chi connectivity index (χ2v) is 1.75. The molecular formula is C4H3N7O2. The van der Waals surface area contributed by atoms with Gasteiger partial charge in [-0.15, -0.1) is 5.43 Å². The number of amidine groups is 1. The van der Waals surface area contributed by atoms with Crippen LogP contribution < -0.4 is 5.43 Å². The number of anilines is 1. The van der Waals surface area contributed by atoms with Crippen LogP contribution in [0.25, 0.3) is 0 Å². The Balaban J connectivity index is 2.67. The van der Waals surface area contributed by atoms with Gasteiger partial charge in [0.05, 0.1) is 5.10 Å². The van der Waals surface area contributed by atoms with Gasteiger partial charge in [-0.25, -0.2) is 5.10 Å². The molecule has 0 saturated carbocycles. The third-order valence-electron chi connectivity index (χ3n) is 0.956. The molecule has 1 aromatic heterocycles. The second-order valence-electron chi connectivity index (χ2n) is 1.75. The highest BCUT2D eigenvalue weighted by Gasteiger charge is 2.10. The summed E-state index contributed by atoms with van der Waals surface area (Å²) in [7, 11) is 0. The van der Waals surface area contributed by atoms with Crippen molar-refractivity contribution in [2.75, 3.05) is 5.43 Å². The Morgan fingerprint density at radius 3 is 3.15 bits per heavy atom. The number of aromatic amines is 1. The van der Waals surface area contributed by atoms with Gasteiger partial charge in [0.1, 0.15) is 6.33 Å². The molecule has 0 amide bonds. The van der Waals surface area contributed by atoms with Crippen LogP contribution in [0.2, 0.25) is 0 Å². The van der Waals surface area contributed by atoms with Crippen molar-refractivity contribution >= 4 is 11.8 Å². The molecule has 0 aromatic carbocycles. The van der Waals surface area contributed by atoms with Crippen LogP contribution >= 0.6 is 0 Å². The number of hydrogen-bond acceptors (Lipinski definition) is 7. The van der Waals surface area contributed by atoms with Crippen LogP contribution in [-0.2, 0) is 0 Å². The Morgan fingerprint density at radius 1 is 1.92 bits per heavy atom. The molecule has 0 radical (unpaired) electrons. The molecule has 0 aliphatic rings. The number of hydrazone groups is 1. The number of nitro groups is 1. The van der Waals surface area contributed by atoms with Gasteiger partial charge < -0.3 is 10.1 Å². The molecule has 13 heavy (non-hydrogen) atoms. The van der Waals surface area contributed by atoms with Crippen molar-refractivity contribution in [3.8, 4) is 6.07 Å². The normalized spacial score (nSPS) is 10.5. The van der Waals surface area contributed by atoms with E-state index in [0.29, 0.717) is 0 Å². The Kier molecular flexibility index (Phi) is 2.49. The fraction of sp³-hybridized carbons (Fsp3) is 0. The van der Waals surface area contributed by atoms with Gasteiger partial charge in [0.25, 0.3) is 5.95 Å². The van der Waals surface area contributed by atoms with E-state index in [9.17, 15) is 10.1 Å². The van der Waals surface area contributed by atoms with E-state index in [1.807, 2.05) is 0 Å². The fourth-order valence-corrected chi connectivity index (χ4v) is 0.472. The van der Waals surface area contributed by atoms with Crippen molar-refractivity contribution < 1.29 is 4.92 Å². The molecule has 0 bridgehead atoms. The van der Waals surface area contributed by atoms with Crippen molar-refractivity contribution in [3.63, 3.8) is 0 Å². The minimum atomic E-state index is -0.913. The molecule has 0 saturated heterocycles. The molecule has 1 heterocycles. The van der Waals surface area contributed by atoms with Gasteiger partial charge in [-0.05, 0) is 4.92 Å². The summed E-state index contributed by atoms with van der Waals surface area (Å²) < 4.78 is 0. The van der Waals surface area contributed by atoms with E-state index in [4.69, 9.17) is 5.26 Å². The molecule has 9 nitrogen and oxygen atoms in total. The molecule has 9 heteroatoms. The van der Waals surface area contributed by atoms with Crippen LogP contribution in [-0.4, -0.2) is 25.9 Å². The molecule has 0 aliphatic heterocycles.